The Morgan fingerprint density at radius 2 is 2.25 bits per heavy atom. The molecule has 0 fully saturated rings. The molecular weight excluding hydrogens is 209 g/mol. The molecule has 0 unspecified atom stereocenters. The van der Waals surface area contributed by atoms with E-state index in [1.54, 1.807) is 12.3 Å². The Hall–Kier alpha value is -1.75. The maximum atomic E-state index is 13.6. The first-order valence-electron chi connectivity index (χ1n) is 5.00. The highest BCUT2D eigenvalue weighted by Crippen LogP contribution is 2.16. The van der Waals surface area contributed by atoms with Crippen LogP contribution in [-0.2, 0) is 6.42 Å². The Morgan fingerprint density at radius 3 is 2.94 bits per heavy atom. The van der Waals surface area contributed by atoms with E-state index in [4.69, 9.17) is 5.11 Å². The summed E-state index contributed by atoms with van der Waals surface area (Å²) in [6.07, 6.45) is 2.05. The van der Waals surface area contributed by atoms with E-state index in [9.17, 15) is 4.39 Å². The second-order valence-electron chi connectivity index (χ2n) is 3.53. The molecule has 0 aliphatic rings. The van der Waals surface area contributed by atoms with Crippen molar-refractivity contribution < 1.29 is 9.50 Å². The van der Waals surface area contributed by atoms with E-state index >= 15 is 0 Å². The van der Waals surface area contributed by atoms with E-state index < -0.39 is 0 Å². The number of aliphatic hydroxyl groups excluding tert-OH is 1. The fourth-order valence-corrected chi connectivity index (χ4v) is 1.55. The van der Waals surface area contributed by atoms with E-state index in [1.807, 2.05) is 13.0 Å². The number of nitrogens with zero attached hydrogens (tertiary/aromatic N) is 3. The zero-order valence-corrected chi connectivity index (χ0v) is 8.89. The van der Waals surface area contributed by atoms with E-state index in [0.717, 1.165) is 5.56 Å². The van der Waals surface area contributed by atoms with E-state index in [1.165, 1.54) is 10.7 Å². The van der Waals surface area contributed by atoms with Crippen molar-refractivity contribution in [3.05, 3.63) is 41.5 Å². The summed E-state index contributed by atoms with van der Waals surface area (Å²) in [5.74, 6) is -0.333. The lowest BCUT2D eigenvalue weighted by molar-refractivity contribution is 0.298. The van der Waals surface area contributed by atoms with Gasteiger partial charge in [0.2, 0.25) is 0 Å². The molecule has 0 bridgehead atoms. The summed E-state index contributed by atoms with van der Waals surface area (Å²) in [5, 5.41) is 16.5. The minimum absolute atomic E-state index is 0.00888. The molecule has 0 spiro atoms. The van der Waals surface area contributed by atoms with Crippen LogP contribution in [0.3, 0.4) is 0 Å². The van der Waals surface area contributed by atoms with Gasteiger partial charge in [-0.15, -0.1) is 5.10 Å². The largest absolute Gasteiger partial charge is 0.396 e. The van der Waals surface area contributed by atoms with Gasteiger partial charge in [0.05, 0.1) is 11.9 Å². The quantitative estimate of drug-likeness (QED) is 0.848. The van der Waals surface area contributed by atoms with Crippen LogP contribution >= 0.6 is 0 Å². The van der Waals surface area contributed by atoms with Crippen molar-refractivity contribution in [2.45, 2.75) is 13.3 Å². The molecule has 1 heterocycles. The molecule has 16 heavy (non-hydrogen) atoms. The van der Waals surface area contributed by atoms with Gasteiger partial charge in [0.25, 0.3) is 0 Å². The van der Waals surface area contributed by atoms with Crippen LogP contribution in [0, 0.1) is 12.7 Å². The fourth-order valence-electron chi connectivity index (χ4n) is 1.55. The van der Waals surface area contributed by atoms with Crippen molar-refractivity contribution in [3.8, 4) is 5.69 Å². The first kappa shape index (κ1) is 10.8. The Balaban J connectivity index is 2.42. The number of halogens is 1. The lowest BCUT2D eigenvalue weighted by Crippen LogP contribution is -2.01. The van der Waals surface area contributed by atoms with E-state index in [2.05, 4.69) is 10.3 Å². The molecule has 0 aliphatic carbocycles. The minimum atomic E-state index is -0.333. The summed E-state index contributed by atoms with van der Waals surface area (Å²) in [6.45, 7) is 1.82. The van der Waals surface area contributed by atoms with Gasteiger partial charge in [0, 0.05) is 13.0 Å². The summed E-state index contributed by atoms with van der Waals surface area (Å²) in [4.78, 5) is 0. The van der Waals surface area contributed by atoms with Crippen LogP contribution < -0.4 is 0 Å². The topological polar surface area (TPSA) is 50.9 Å². The second-order valence-corrected chi connectivity index (χ2v) is 3.53. The molecule has 0 amide bonds. The number of aliphatic hydroxyl groups is 1. The zero-order valence-electron chi connectivity index (χ0n) is 8.89. The normalized spacial score (nSPS) is 10.7. The Kier molecular flexibility index (Phi) is 2.96. The summed E-state index contributed by atoms with van der Waals surface area (Å²) < 4.78 is 15.0. The van der Waals surface area contributed by atoms with Gasteiger partial charge in [-0.2, -0.15) is 0 Å². The van der Waals surface area contributed by atoms with Gasteiger partial charge in [-0.05, 0) is 18.6 Å². The minimum Gasteiger partial charge on any atom is -0.396 e. The maximum Gasteiger partial charge on any atom is 0.149 e. The van der Waals surface area contributed by atoms with Gasteiger partial charge < -0.3 is 5.11 Å². The summed E-state index contributed by atoms with van der Waals surface area (Å²) >= 11 is 0. The van der Waals surface area contributed by atoms with Crippen LogP contribution in [-0.4, -0.2) is 26.7 Å². The Bertz CT molecular complexity index is 475. The number of aryl methyl sites for hydroxylation is 1. The van der Waals surface area contributed by atoms with Crippen LogP contribution in [0.5, 0.6) is 0 Å². The van der Waals surface area contributed by atoms with Crippen molar-refractivity contribution in [1.29, 1.82) is 0 Å². The number of benzene rings is 1. The molecule has 84 valence electrons. The number of aromatic nitrogens is 3. The van der Waals surface area contributed by atoms with Crippen molar-refractivity contribution in [2.75, 3.05) is 6.61 Å². The molecule has 0 aliphatic heterocycles. The van der Waals surface area contributed by atoms with E-state index in [0.29, 0.717) is 17.8 Å². The summed E-state index contributed by atoms with van der Waals surface area (Å²) in [6, 6.07) is 4.85. The van der Waals surface area contributed by atoms with Crippen LogP contribution in [0.2, 0.25) is 0 Å². The fraction of sp³-hybridized carbons (Fsp3) is 0.273. The predicted octanol–water partition coefficient (Wildman–Crippen LogP) is 1.25. The molecule has 2 aromatic rings. The lowest BCUT2D eigenvalue weighted by Gasteiger charge is -2.05. The summed E-state index contributed by atoms with van der Waals surface area (Å²) in [5.41, 5.74) is 1.84. The highest BCUT2D eigenvalue weighted by atomic mass is 19.1. The molecule has 0 radical (unpaired) electrons. The Morgan fingerprint density at radius 1 is 1.44 bits per heavy atom. The third-order valence-electron chi connectivity index (χ3n) is 2.33. The molecule has 1 N–H and O–H groups in total. The molecule has 0 saturated carbocycles. The molecule has 0 saturated heterocycles. The lowest BCUT2D eigenvalue weighted by atomic mass is 10.2. The first-order chi connectivity index (χ1) is 7.72. The highest BCUT2D eigenvalue weighted by Gasteiger charge is 2.09. The van der Waals surface area contributed by atoms with Gasteiger partial charge in [-0.25, -0.2) is 9.07 Å². The Labute approximate surface area is 92.3 Å². The molecule has 0 atom stereocenters. The van der Waals surface area contributed by atoms with Crippen molar-refractivity contribution in [3.63, 3.8) is 0 Å². The standard InChI is InChI=1S/C11H12FN3O/c1-8-3-2-4-10(12)11(8)15-7-9(5-6-16)13-14-15/h2-4,7,16H,5-6H2,1H3. The third-order valence-corrected chi connectivity index (χ3v) is 2.33. The monoisotopic (exact) mass is 221 g/mol. The smallest absolute Gasteiger partial charge is 0.149 e. The SMILES string of the molecule is Cc1cccc(F)c1-n1cc(CCO)nn1. The van der Waals surface area contributed by atoms with Gasteiger partial charge in [-0.1, -0.05) is 17.3 Å². The van der Waals surface area contributed by atoms with Gasteiger partial charge in [0.15, 0.2) is 0 Å². The second kappa shape index (κ2) is 4.40. The molecular formula is C11H12FN3O. The molecule has 4 nitrogen and oxygen atoms in total. The van der Waals surface area contributed by atoms with Crippen LogP contribution in [0.25, 0.3) is 5.69 Å². The average Bonchev–Trinajstić information content (AvgIpc) is 2.67. The van der Waals surface area contributed by atoms with Crippen molar-refractivity contribution in [1.82, 2.24) is 15.0 Å². The molecule has 2 rings (SSSR count). The molecule has 1 aromatic carbocycles. The predicted molar refractivity (Wildman–Crippen MR) is 56.8 cm³/mol. The number of hydrogen-bond acceptors (Lipinski definition) is 3. The first-order valence-corrected chi connectivity index (χ1v) is 5.00. The summed E-state index contributed by atoms with van der Waals surface area (Å²) in [7, 11) is 0. The third kappa shape index (κ3) is 1.94. The van der Waals surface area contributed by atoms with Gasteiger partial charge >= 0.3 is 0 Å². The van der Waals surface area contributed by atoms with Gasteiger partial charge in [0.1, 0.15) is 11.5 Å². The number of rotatable bonds is 3. The van der Waals surface area contributed by atoms with Crippen LogP contribution in [0.1, 0.15) is 11.3 Å². The van der Waals surface area contributed by atoms with E-state index in [-0.39, 0.29) is 12.4 Å². The van der Waals surface area contributed by atoms with Gasteiger partial charge in [-0.3, -0.25) is 0 Å². The van der Waals surface area contributed by atoms with Crippen LogP contribution in [0.15, 0.2) is 24.4 Å². The molecule has 1 aromatic heterocycles. The highest BCUT2D eigenvalue weighted by molar-refractivity contribution is 5.40. The number of para-hydroxylation sites is 1. The zero-order chi connectivity index (χ0) is 11.5. The van der Waals surface area contributed by atoms with Crippen LogP contribution in [0.4, 0.5) is 4.39 Å². The van der Waals surface area contributed by atoms with Crippen molar-refractivity contribution in [2.24, 2.45) is 0 Å². The maximum absolute atomic E-state index is 13.6. The van der Waals surface area contributed by atoms with Crippen molar-refractivity contribution >= 4 is 0 Å². The molecule has 5 heteroatoms. The number of hydrogen-bond donors (Lipinski definition) is 1. The average molecular weight is 221 g/mol.